The predicted molar refractivity (Wildman–Crippen MR) is 73.2 cm³/mol. The molecule has 2 N–H and O–H groups in total. The average Bonchev–Trinajstić information content (AvgIpc) is 2.64. The van der Waals surface area contributed by atoms with Crippen molar-refractivity contribution in [2.24, 2.45) is 0 Å². The van der Waals surface area contributed by atoms with E-state index in [9.17, 15) is 8.42 Å². The number of rotatable bonds is 7. The quantitative estimate of drug-likeness (QED) is 0.809. The summed E-state index contributed by atoms with van der Waals surface area (Å²) in [6.45, 7) is 4.60. The van der Waals surface area contributed by atoms with Crippen molar-refractivity contribution in [3.63, 3.8) is 0 Å². The second-order valence-corrected chi connectivity index (χ2v) is 7.31. The van der Waals surface area contributed by atoms with Crippen molar-refractivity contribution in [3.8, 4) is 0 Å². The van der Waals surface area contributed by atoms with Gasteiger partial charge in [-0.2, -0.15) is 0 Å². The number of hydrogen-bond acceptors (Lipinski definition) is 4. The molecule has 7 heteroatoms. The molecule has 0 radical (unpaired) electrons. The first-order chi connectivity index (χ1) is 7.94. The Morgan fingerprint density at radius 3 is 2.71 bits per heavy atom. The number of thiophene rings is 1. The highest BCUT2D eigenvalue weighted by Gasteiger charge is 2.11. The first kappa shape index (κ1) is 14.9. The van der Waals surface area contributed by atoms with Crippen LogP contribution in [0.1, 0.15) is 24.8 Å². The van der Waals surface area contributed by atoms with Gasteiger partial charge in [0.1, 0.15) is 0 Å². The summed E-state index contributed by atoms with van der Waals surface area (Å²) in [5, 5.41) is 3.16. The molecule has 0 aliphatic carbocycles. The summed E-state index contributed by atoms with van der Waals surface area (Å²) in [6, 6.07) is 3.91. The molecule has 0 saturated heterocycles. The Bertz CT molecular complexity index is 445. The first-order valence-electron chi connectivity index (χ1n) is 5.40. The maximum absolute atomic E-state index is 11.4. The minimum atomic E-state index is -3.14. The molecule has 1 heterocycles. The van der Waals surface area contributed by atoms with E-state index in [2.05, 4.69) is 10.0 Å². The third-order valence-electron chi connectivity index (χ3n) is 2.21. The fraction of sp³-hybridized carbons (Fsp3) is 0.600. The Kier molecular flexibility index (Phi) is 5.88. The van der Waals surface area contributed by atoms with Crippen molar-refractivity contribution in [2.45, 2.75) is 19.9 Å². The molecule has 17 heavy (non-hydrogen) atoms. The maximum Gasteiger partial charge on any atom is 0.212 e. The number of hydrogen-bond donors (Lipinski definition) is 2. The molecule has 1 aromatic rings. The molecule has 0 amide bonds. The Morgan fingerprint density at radius 2 is 2.18 bits per heavy atom. The van der Waals surface area contributed by atoms with E-state index in [0.29, 0.717) is 13.1 Å². The van der Waals surface area contributed by atoms with Gasteiger partial charge in [0, 0.05) is 24.0 Å². The predicted octanol–water partition coefficient (Wildman–Crippen LogP) is 1.99. The lowest BCUT2D eigenvalue weighted by atomic mass is 10.3. The molecule has 4 nitrogen and oxygen atoms in total. The third kappa shape index (κ3) is 5.35. The van der Waals surface area contributed by atoms with Gasteiger partial charge in [0.25, 0.3) is 0 Å². The van der Waals surface area contributed by atoms with Crippen LogP contribution >= 0.6 is 22.9 Å². The van der Waals surface area contributed by atoms with Gasteiger partial charge >= 0.3 is 0 Å². The van der Waals surface area contributed by atoms with Crippen LogP contribution in [0.4, 0.5) is 0 Å². The highest BCUT2D eigenvalue weighted by molar-refractivity contribution is 7.89. The Morgan fingerprint density at radius 1 is 1.47 bits per heavy atom. The van der Waals surface area contributed by atoms with Crippen LogP contribution in [0.15, 0.2) is 12.1 Å². The van der Waals surface area contributed by atoms with Crippen molar-refractivity contribution in [2.75, 3.05) is 18.8 Å². The SMILES string of the molecule is CCNS(=O)(=O)CCNC(C)c1ccc(Cl)s1. The number of nitrogens with one attached hydrogen (secondary N) is 2. The molecule has 0 fully saturated rings. The average molecular weight is 297 g/mol. The molecule has 98 valence electrons. The van der Waals surface area contributed by atoms with Crippen LogP contribution in [0.5, 0.6) is 0 Å². The van der Waals surface area contributed by atoms with Crippen molar-refractivity contribution in [1.82, 2.24) is 10.0 Å². The summed E-state index contributed by atoms with van der Waals surface area (Å²) in [7, 11) is -3.14. The Hall–Kier alpha value is -0.140. The summed E-state index contributed by atoms with van der Waals surface area (Å²) in [5.41, 5.74) is 0. The van der Waals surface area contributed by atoms with Crippen LogP contribution in [0.25, 0.3) is 0 Å². The monoisotopic (exact) mass is 296 g/mol. The topological polar surface area (TPSA) is 58.2 Å². The van der Waals surface area contributed by atoms with Gasteiger partial charge in [-0.3, -0.25) is 0 Å². The molecule has 0 spiro atoms. The van der Waals surface area contributed by atoms with Crippen LogP contribution < -0.4 is 10.0 Å². The highest BCUT2D eigenvalue weighted by Crippen LogP contribution is 2.26. The van der Waals surface area contributed by atoms with E-state index < -0.39 is 10.0 Å². The molecular formula is C10H17ClN2O2S2. The molecule has 1 atom stereocenters. The first-order valence-corrected chi connectivity index (χ1v) is 8.25. The van der Waals surface area contributed by atoms with E-state index in [1.54, 1.807) is 6.92 Å². The van der Waals surface area contributed by atoms with Gasteiger partial charge in [-0.1, -0.05) is 18.5 Å². The van der Waals surface area contributed by atoms with E-state index >= 15 is 0 Å². The largest absolute Gasteiger partial charge is 0.308 e. The van der Waals surface area contributed by atoms with E-state index in [1.807, 2.05) is 19.1 Å². The van der Waals surface area contributed by atoms with Gasteiger partial charge < -0.3 is 5.32 Å². The third-order valence-corrected chi connectivity index (χ3v) is 5.09. The minimum Gasteiger partial charge on any atom is -0.308 e. The molecule has 0 bridgehead atoms. The Labute approximate surface area is 111 Å². The maximum atomic E-state index is 11.4. The summed E-state index contributed by atoms with van der Waals surface area (Å²) in [5.74, 6) is 0.0876. The molecule has 1 unspecified atom stereocenters. The van der Waals surface area contributed by atoms with E-state index in [1.165, 1.54) is 11.3 Å². The van der Waals surface area contributed by atoms with E-state index in [0.717, 1.165) is 9.21 Å². The van der Waals surface area contributed by atoms with Crippen molar-refractivity contribution >= 4 is 33.0 Å². The van der Waals surface area contributed by atoms with Crippen LogP contribution in [0, 0.1) is 0 Å². The molecule has 1 aromatic heterocycles. The highest BCUT2D eigenvalue weighted by atomic mass is 35.5. The van der Waals surface area contributed by atoms with Gasteiger partial charge in [0.15, 0.2) is 0 Å². The standard InChI is InChI=1S/C10H17ClN2O2S2/c1-3-13-17(14,15)7-6-12-8(2)9-4-5-10(11)16-9/h4-5,8,12-13H,3,6-7H2,1-2H3. The van der Waals surface area contributed by atoms with E-state index in [4.69, 9.17) is 11.6 Å². The number of halogens is 1. The van der Waals surface area contributed by atoms with Gasteiger partial charge in [0.05, 0.1) is 10.1 Å². The molecule has 0 aromatic carbocycles. The molecule has 1 rings (SSSR count). The Balaban J connectivity index is 2.37. The van der Waals surface area contributed by atoms with Crippen LogP contribution in [-0.4, -0.2) is 27.3 Å². The lowest BCUT2D eigenvalue weighted by Crippen LogP contribution is -2.32. The second kappa shape index (κ2) is 6.70. The summed E-state index contributed by atoms with van der Waals surface area (Å²) >= 11 is 7.34. The summed E-state index contributed by atoms with van der Waals surface area (Å²) in [4.78, 5) is 1.11. The van der Waals surface area contributed by atoms with Gasteiger partial charge in [0.2, 0.25) is 10.0 Å². The molecular weight excluding hydrogens is 280 g/mol. The van der Waals surface area contributed by atoms with Crippen molar-refractivity contribution < 1.29 is 8.42 Å². The van der Waals surface area contributed by atoms with Crippen LogP contribution in [-0.2, 0) is 10.0 Å². The second-order valence-electron chi connectivity index (χ2n) is 3.63. The van der Waals surface area contributed by atoms with Crippen LogP contribution in [0.2, 0.25) is 4.34 Å². The minimum absolute atomic E-state index is 0.0876. The normalized spacial score (nSPS) is 13.8. The fourth-order valence-corrected chi connectivity index (χ4v) is 3.42. The zero-order valence-corrected chi connectivity index (χ0v) is 12.3. The summed E-state index contributed by atoms with van der Waals surface area (Å²) < 4.78 is 26.0. The lowest BCUT2D eigenvalue weighted by Gasteiger charge is -2.12. The zero-order chi connectivity index (χ0) is 12.9. The van der Waals surface area contributed by atoms with Gasteiger partial charge in [-0.05, 0) is 19.1 Å². The lowest BCUT2D eigenvalue weighted by molar-refractivity contribution is 0.567. The van der Waals surface area contributed by atoms with Gasteiger partial charge in [-0.25, -0.2) is 13.1 Å². The molecule has 0 saturated carbocycles. The number of sulfonamides is 1. The zero-order valence-electron chi connectivity index (χ0n) is 9.86. The molecule has 0 aliphatic heterocycles. The van der Waals surface area contributed by atoms with Crippen LogP contribution in [0.3, 0.4) is 0 Å². The van der Waals surface area contributed by atoms with Crippen molar-refractivity contribution in [3.05, 3.63) is 21.3 Å². The van der Waals surface area contributed by atoms with Crippen molar-refractivity contribution in [1.29, 1.82) is 0 Å². The summed E-state index contributed by atoms with van der Waals surface area (Å²) in [6.07, 6.45) is 0. The van der Waals surface area contributed by atoms with Gasteiger partial charge in [-0.15, -0.1) is 11.3 Å². The fourth-order valence-electron chi connectivity index (χ4n) is 1.36. The smallest absolute Gasteiger partial charge is 0.212 e. The molecule has 0 aliphatic rings. The van der Waals surface area contributed by atoms with E-state index in [-0.39, 0.29) is 11.8 Å².